The van der Waals surface area contributed by atoms with E-state index in [-0.39, 0.29) is 18.0 Å². The maximum atomic E-state index is 13.8. The molecular weight excluding hydrogens is 596 g/mol. The Kier molecular flexibility index (Phi) is 8.10. The number of nitriles is 1. The Labute approximate surface area is 273 Å². The van der Waals surface area contributed by atoms with Crippen LogP contribution >= 0.6 is 0 Å². The summed E-state index contributed by atoms with van der Waals surface area (Å²) < 4.78 is 18.9. The predicted octanol–water partition coefficient (Wildman–Crippen LogP) is 2.92. The van der Waals surface area contributed by atoms with E-state index in [1.165, 1.54) is 0 Å². The Morgan fingerprint density at radius 1 is 0.957 bits per heavy atom. The molecule has 5 aliphatic rings. The van der Waals surface area contributed by atoms with Crippen molar-refractivity contribution in [2.45, 2.75) is 18.5 Å². The lowest BCUT2D eigenvalue weighted by Crippen LogP contribution is -2.70. The summed E-state index contributed by atoms with van der Waals surface area (Å²) in [7, 11) is 0. The molecule has 1 aromatic carbocycles. The fourth-order valence-corrected chi connectivity index (χ4v) is 7.33. The van der Waals surface area contributed by atoms with E-state index in [1.54, 1.807) is 10.7 Å². The van der Waals surface area contributed by atoms with E-state index < -0.39 is 0 Å². The van der Waals surface area contributed by atoms with Gasteiger partial charge in [-0.3, -0.25) is 9.69 Å². The first-order chi connectivity index (χ1) is 23.2. The van der Waals surface area contributed by atoms with Gasteiger partial charge >= 0.3 is 0 Å². The smallest absolute Gasteiger partial charge is 0.256 e. The number of anilines is 2. The summed E-state index contributed by atoms with van der Waals surface area (Å²) in [5.41, 5.74) is 4.73. The van der Waals surface area contributed by atoms with Gasteiger partial charge in [0.15, 0.2) is 0 Å². The number of nitrogens with zero attached hydrogens (tertiary/aromatic N) is 8. The number of amides is 1. The molecule has 0 saturated carbocycles. The Morgan fingerprint density at radius 2 is 1.72 bits per heavy atom. The van der Waals surface area contributed by atoms with Crippen molar-refractivity contribution in [3.05, 3.63) is 72.2 Å². The molecule has 0 aliphatic carbocycles. The highest BCUT2D eigenvalue weighted by atomic mass is 16.5. The largest absolute Gasteiger partial charge is 0.491 e. The Bertz CT molecular complexity index is 1780. The second-order valence-corrected chi connectivity index (χ2v) is 12.5. The van der Waals surface area contributed by atoms with Crippen LogP contribution in [-0.2, 0) is 9.47 Å². The molecule has 0 spiro atoms. The summed E-state index contributed by atoms with van der Waals surface area (Å²) in [5, 5.41) is 14.2. The van der Waals surface area contributed by atoms with Gasteiger partial charge in [-0.25, -0.2) is 9.50 Å². The summed E-state index contributed by atoms with van der Waals surface area (Å²) in [4.78, 5) is 27.7. The minimum atomic E-state index is 0.112. The number of rotatable bonds is 8. The molecule has 12 heteroatoms. The third-order valence-corrected chi connectivity index (χ3v) is 9.78. The average Bonchev–Trinajstić information content (AvgIpc) is 3.55. The number of aromatic nitrogens is 3. The number of para-hydroxylation sites is 1. The predicted molar refractivity (Wildman–Crippen MR) is 176 cm³/mol. The van der Waals surface area contributed by atoms with Crippen molar-refractivity contribution >= 4 is 22.9 Å². The van der Waals surface area contributed by atoms with Gasteiger partial charge in [-0.2, -0.15) is 10.4 Å². The monoisotopic (exact) mass is 634 g/mol. The fourth-order valence-electron chi connectivity index (χ4n) is 7.33. The third-order valence-electron chi connectivity index (χ3n) is 9.78. The molecular formula is C35H38N8O4. The first-order valence-electron chi connectivity index (χ1n) is 16.5. The molecule has 2 bridgehead atoms. The second kappa shape index (κ2) is 12.8. The minimum absolute atomic E-state index is 0.112. The lowest BCUT2D eigenvalue weighted by molar-refractivity contribution is 0.00578. The van der Waals surface area contributed by atoms with Crippen LogP contribution < -0.4 is 14.5 Å². The number of ether oxygens (including phenoxy) is 3. The number of piperazine rings is 1. The first kappa shape index (κ1) is 29.7. The molecule has 47 heavy (non-hydrogen) atoms. The molecule has 4 aromatic rings. The molecule has 3 aromatic heterocycles. The quantitative estimate of drug-likeness (QED) is 0.287. The SMILES string of the molecule is N#Cc1cnn2cc(OCCN3CCOCC3)cc(-c3ccc(N4CC5CC(C4)N5C(=O)c4ccccc4N4CCOCC4)nc3)c12. The van der Waals surface area contributed by atoms with Gasteiger partial charge in [0.05, 0.1) is 67.5 Å². The van der Waals surface area contributed by atoms with Gasteiger partial charge in [0, 0.05) is 68.8 Å². The van der Waals surface area contributed by atoms with Crippen molar-refractivity contribution in [3.8, 4) is 22.9 Å². The minimum Gasteiger partial charge on any atom is -0.491 e. The van der Waals surface area contributed by atoms with Crippen molar-refractivity contribution < 1.29 is 19.0 Å². The number of hydrogen-bond donors (Lipinski definition) is 0. The summed E-state index contributed by atoms with van der Waals surface area (Å²) in [6.07, 6.45) is 6.28. The van der Waals surface area contributed by atoms with Crippen molar-refractivity contribution in [2.24, 2.45) is 0 Å². The molecule has 1 amide bonds. The van der Waals surface area contributed by atoms with E-state index in [0.717, 1.165) is 99.2 Å². The molecule has 12 nitrogen and oxygen atoms in total. The van der Waals surface area contributed by atoms with Gasteiger partial charge < -0.3 is 28.9 Å². The lowest BCUT2D eigenvalue weighted by atomic mass is 9.86. The van der Waals surface area contributed by atoms with Crippen LogP contribution in [0.15, 0.2) is 61.1 Å². The van der Waals surface area contributed by atoms with Gasteiger partial charge in [0.1, 0.15) is 24.2 Å². The number of hydrogen-bond acceptors (Lipinski definition) is 10. The molecule has 8 heterocycles. The molecule has 5 saturated heterocycles. The van der Waals surface area contributed by atoms with E-state index >= 15 is 0 Å². The van der Waals surface area contributed by atoms with Gasteiger partial charge in [-0.15, -0.1) is 0 Å². The molecule has 5 fully saturated rings. The van der Waals surface area contributed by atoms with E-state index in [4.69, 9.17) is 19.2 Å². The molecule has 9 rings (SSSR count). The van der Waals surface area contributed by atoms with Crippen LogP contribution in [0.1, 0.15) is 22.3 Å². The molecule has 2 atom stereocenters. The maximum absolute atomic E-state index is 13.8. The highest BCUT2D eigenvalue weighted by molar-refractivity contribution is 6.01. The Balaban J connectivity index is 0.971. The number of pyridine rings is 2. The van der Waals surface area contributed by atoms with E-state index in [1.807, 2.05) is 48.8 Å². The first-order valence-corrected chi connectivity index (χ1v) is 16.5. The Hall–Kier alpha value is -4.70. The average molecular weight is 635 g/mol. The number of carbonyl (C=O) groups is 1. The maximum Gasteiger partial charge on any atom is 0.256 e. The normalized spacial score (nSPS) is 21.4. The van der Waals surface area contributed by atoms with E-state index in [9.17, 15) is 10.1 Å². The second-order valence-electron chi connectivity index (χ2n) is 12.5. The highest BCUT2D eigenvalue weighted by Gasteiger charge is 2.48. The van der Waals surface area contributed by atoms with Crippen molar-refractivity contribution in [3.63, 3.8) is 0 Å². The number of fused-ring (bicyclic) bond motifs is 3. The van der Waals surface area contributed by atoms with Crippen LogP contribution in [0.5, 0.6) is 5.75 Å². The van der Waals surface area contributed by atoms with Crippen LogP contribution in [0.3, 0.4) is 0 Å². The number of piperidine rings is 1. The van der Waals surface area contributed by atoms with Gasteiger partial charge in [0.2, 0.25) is 0 Å². The van der Waals surface area contributed by atoms with Crippen LogP contribution in [0.2, 0.25) is 0 Å². The van der Waals surface area contributed by atoms with Crippen LogP contribution in [0.25, 0.3) is 16.6 Å². The Morgan fingerprint density at radius 3 is 2.47 bits per heavy atom. The number of benzene rings is 1. The summed E-state index contributed by atoms with van der Waals surface area (Å²) >= 11 is 0. The van der Waals surface area contributed by atoms with E-state index in [2.05, 4.69) is 36.8 Å². The van der Waals surface area contributed by atoms with Gasteiger partial charge in [-0.1, -0.05) is 12.1 Å². The number of morpholine rings is 2. The van der Waals surface area contributed by atoms with Crippen LogP contribution in [-0.4, -0.2) is 121 Å². The number of carbonyl (C=O) groups excluding carboxylic acids is 1. The molecule has 0 radical (unpaired) electrons. The van der Waals surface area contributed by atoms with Crippen LogP contribution in [0, 0.1) is 11.3 Å². The van der Waals surface area contributed by atoms with Crippen molar-refractivity contribution in [1.82, 2.24) is 24.4 Å². The summed E-state index contributed by atoms with van der Waals surface area (Å²) in [5.74, 6) is 1.68. The van der Waals surface area contributed by atoms with Gasteiger partial charge in [-0.05, 0) is 36.8 Å². The van der Waals surface area contributed by atoms with E-state index in [0.29, 0.717) is 31.1 Å². The van der Waals surface area contributed by atoms with Crippen molar-refractivity contribution in [2.75, 3.05) is 88.6 Å². The zero-order valence-corrected chi connectivity index (χ0v) is 26.3. The molecule has 0 N–H and O–H groups in total. The molecule has 5 aliphatic heterocycles. The van der Waals surface area contributed by atoms with Crippen LogP contribution in [0.4, 0.5) is 11.5 Å². The molecule has 2 unspecified atom stereocenters. The summed E-state index contributed by atoms with van der Waals surface area (Å²) in [6.45, 7) is 9.12. The lowest BCUT2D eigenvalue weighted by Gasteiger charge is -2.56. The van der Waals surface area contributed by atoms with Crippen molar-refractivity contribution in [1.29, 1.82) is 5.26 Å². The fraction of sp³-hybridized carbons (Fsp3) is 0.429. The molecule has 242 valence electrons. The zero-order valence-electron chi connectivity index (χ0n) is 26.3. The zero-order chi connectivity index (χ0) is 31.7. The standard InChI is InChI=1S/C35H38N8O4/c36-19-26-21-38-42-24-29(47-16-9-39-7-12-45-13-8-39)18-31(34(26)42)25-5-6-33(37-20-25)41-22-27-17-28(23-41)43(27)35(44)30-3-1-2-4-32(30)40-10-14-46-15-11-40/h1-6,18,20-21,24,27-28H,7-17,22-23H2. The highest BCUT2D eigenvalue weighted by Crippen LogP contribution is 2.38. The topological polar surface area (TPSA) is 112 Å². The summed E-state index contributed by atoms with van der Waals surface area (Å²) in [6, 6.07) is 16.6. The van der Waals surface area contributed by atoms with Gasteiger partial charge in [0.25, 0.3) is 5.91 Å². The third kappa shape index (κ3) is 5.75.